The van der Waals surface area contributed by atoms with Crippen molar-refractivity contribution in [3.8, 4) is 0 Å². The minimum Gasteiger partial charge on any atom is -0.501 e. The fraction of sp³-hybridized carbons (Fsp3) is 0.429. The van der Waals surface area contributed by atoms with Crippen LogP contribution in [0.1, 0.15) is 28.9 Å². The zero-order valence-corrected chi connectivity index (χ0v) is 13.5. The van der Waals surface area contributed by atoms with Gasteiger partial charge in [0.05, 0.1) is 20.8 Å². The molecule has 1 aromatic heterocycles. The number of ether oxygens (including phenoxy) is 3. The number of hydrogen-bond donors (Lipinski definition) is 1. The van der Waals surface area contributed by atoms with Crippen LogP contribution in [0.15, 0.2) is 5.76 Å². The smallest absolute Gasteiger partial charge is 0.374 e. The van der Waals surface area contributed by atoms with Gasteiger partial charge >= 0.3 is 17.9 Å². The van der Waals surface area contributed by atoms with Gasteiger partial charge in [-0.2, -0.15) is 0 Å². The highest BCUT2D eigenvalue weighted by Crippen LogP contribution is 2.22. The molecule has 23 heavy (non-hydrogen) atoms. The van der Waals surface area contributed by atoms with E-state index in [1.54, 1.807) is 13.8 Å². The number of imidazole rings is 1. The molecular weight excluding hydrogens is 308 g/mol. The summed E-state index contributed by atoms with van der Waals surface area (Å²) >= 11 is 0. The molecule has 1 rings (SSSR count). The molecule has 0 amide bonds. The first-order valence-corrected chi connectivity index (χ1v) is 6.60. The van der Waals surface area contributed by atoms with Gasteiger partial charge in [-0.05, 0) is 13.8 Å². The maximum Gasteiger partial charge on any atom is 0.374 e. The number of aliphatic hydroxyl groups is 1. The summed E-state index contributed by atoms with van der Waals surface area (Å²) in [6, 6.07) is 0. The normalized spacial score (nSPS) is 11.5. The Kier molecular flexibility index (Phi) is 5.88. The third-order valence-corrected chi connectivity index (χ3v) is 3.08. The van der Waals surface area contributed by atoms with E-state index >= 15 is 0 Å². The predicted molar refractivity (Wildman–Crippen MR) is 77.5 cm³/mol. The lowest BCUT2D eigenvalue weighted by Gasteiger charge is -2.08. The number of esters is 3. The van der Waals surface area contributed by atoms with E-state index in [1.807, 2.05) is 0 Å². The topological polar surface area (TPSA) is 117 Å². The fourth-order valence-electron chi connectivity index (χ4n) is 1.79. The van der Waals surface area contributed by atoms with Gasteiger partial charge in [0.15, 0.2) is 17.1 Å². The first-order chi connectivity index (χ1) is 10.8. The molecule has 9 nitrogen and oxygen atoms in total. The number of carbonyl (C=O) groups excluding carboxylic acids is 3. The van der Waals surface area contributed by atoms with Crippen LogP contribution in [0.5, 0.6) is 0 Å². The first-order valence-electron chi connectivity index (χ1n) is 6.60. The summed E-state index contributed by atoms with van der Waals surface area (Å²) < 4.78 is 15.2. The number of aromatic nitrogens is 2. The van der Waals surface area contributed by atoms with E-state index in [9.17, 15) is 19.5 Å². The van der Waals surface area contributed by atoms with E-state index < -0.39 is 29.2 Å². The summed E-state index contributed by atoms with van der Waals surface area (Å²) in [5.41, 5.74) is -0.165. The maximum absolute atomic E-state index is 11.9. The summed E-state index contributed by atoms with van der Waals surface area (Å²) in [5, 5.41) is 9.93. The van der Waals surface area contributed by atoms with Crippen LogP contribution in [0.3, 0.4) is 0 Å². The molecule has 0 aliphatic heterocycles. The van der Waals surface area contributed by atoms with Crippen molar-refractivity contribution in [3.63, 3.8) is 0 Å². The highest BCUT2D eigenvalue weighted by molar-refractivity contribution is 6.21. The molecule has 0 atom stereocenters. The van der Waals surface area contributed by atoms with Crippen LogP contribution in [0, 0.1) is 6.92 Å². The standard InChI is InChI=1S/C14H18N2O7/c1-6-23-13(19)9-7(2)16(3)11(15-9)8(12(18)21-4)10(17)14(20)22-5/h17H,6H2,1-5H3/b10-8+. The lowest BCUT2D eigenvalue weighted by Crippen LogP contribution is -2.16. The van der Waals surface area contributed by atoms with Crippen molar-refractivity contribution in [1.29, 1.82) is 0 Å². The Labute approximate surface area is 132 Å². The molecule has 0 aliphatic carbocycles. The van der Waals surface area contributed by atoms with Crippen molar-refractivity contribution < 1.29 is 33.7 Å². The number of hydrogen-bond acceptors (Lipinski definition) is 8. The molecular formula is C14H18N2O7. The first kappa shape index (κ1) is 18.2. The summed E-state index contributed by atoms with van der Waals surface area (Å²) in [4.78, 5) is 39.3. The zero-order valence-electron chi connectivity index (χ0n) is 13.5. The van der Waals surface area contributed by atoms with Gasteiger partial charge in [0.2, 0.25) is 5.76 Å². The quantitative estimate of drug-likeness (QED) is 0.360. The third kappa shape index (κ3) is 3.50. The van der Waals surface area contributed by atoms with E-state index in [2.05, 4.69) is 14.5 Å². The Hall–Kier alpha value is -2.84. The molecule has 0 spiro atoms. The molecule has 1 aromatic rings. The van der Waals surface area contributed by atoms with E-state index in [-0.39, 0.29) is 18.1 Å². The largest absolute Gasteiger partial charge is 0.501 e. The fourth-order valence-corrected chi connectivity index (χ4v) is 1.79. The average Bonchev–Trinajstić information content (AvgIpc) is 2.83. The number of carbonyl (C=O) groups is 3. The van der Waals surface area contributed by atoms with Crippen LogP contribution in [0.25, 0.3) is 5.57 Å². The second kappa shape index (κ2) is 7.43. The Bertz CT molecular complexity index is 673. The lowest BCUT2D eigenvalue weighted by molar-refractivity contribution is -0.140. The van der Waals surface area contributed by atoms with Gasteiger partial charge < -0.3 is 23.9 Å². The Morgan fingerprint density at radius 1 is 1.17 bits per heavy atom. The number of nitrogens with zero attached hydrogens (tertiary/aromatic N) is 2. The molecule has 0 radical (unpaired) electrons. The van der Waals surface area contributed by atoms with Crippen LogP contribution in [-0.2, 0) is 30.8 Å². The SMILES string of the molecule is CCOC(=O)c1nc(/C(C(=O)OC)=C(\O)C(=O)OC)n(C)c1C. The molecule has 0 saturated carbocycles. The van der Waals surface area contributed by atoms with Gasteiger partial charge in [0, 0.05) is 12.7 Å². The van der Waals surface area contributed by atoms with Gasteiger partial charge in [0.1, 0.15) is 0 Å². The Balaban J connectivity index is 3.57. The van der Waals surface area contributed by atoms with Gasteiger partial charge in [-0.1, -0.05) is 0 Å². The van der Waals surface area contributed by atoms with Crippen molar-refractivity contribution in [3.05, 3.63) is 23.0 Å². The molecule has 9 heteroatoms. The van der Waals surface area contributed by atoms with Crippen molar-refractivity contribution in [2.45, 2.75) is 13.8 Å². The van der Waals surface area contributed by atoms with Crippen molar-refractivity contribution in [2.24, 2.45) is 7.05 Å². The van der Waals surface area contributed by atoms with E-state index in [0.717, 1.165) is 14.2 Å². The van der Waals surface area contributed by atoms with E-state index in [1.165, 1.54) is 11.6 Å². The number of methoxy groups -OCH3 is 2. The molecule has 0 saturated heterocycles. The van der Waals surface area contributed by atoms with Gasteiger partial charge in [0.25, 0.3) is 0 Å². The molecule has 126 valence electrons. The highest BCUT2D eigenvalue weighted by Gasteiger charge is 2.30. The van der Waals surface area contributed by atoms with Gasteiger partial charge in [-0.3, -0.25) is 0 Å². The van der Waals surface area contributed by atoms with Crippen LogP contribution in [0.2, 0.25) is 0 Å². The number of aliphatic hydroxyl groups excluding tert-OH is 1. The van der Waals surface area contributed by atoms with Crippen molar-refractivity contribution >= 4 is 23.5 Å². The Morgan fingerprint density at radius 3 is 2.22 bits per heavy atom. The second-order valence-corrected chi connectivity index (χ2v) is 4.36. The highest BCUT2D eigenvalue weighted by atomic mass is 16.5. The summed E-state index contributed by atoms with van der Waals surface area (Å²) in [6.45, 7) is 3.37. The van der Waals surface area contributed by atoms with Crippen LogP contribution in [-0.4, -0.2) is 53.4 Å². The maximum atomic E-state index is 11.9. The van der Waals surface area contributed by atoms with Gasteiger partial charge in [-0.25, -0.2) is 19.4 Å². The summed E-state index contributed by atoms with van der Waals surface area (Å²) in [7, 11) is 3.63. The Morgan fingerprint density at radius 2 is 1.74 bits per heavy atom. The summed E-state index contributed by atoms with van der Waals surface area (Å²) in [5.74, 6) is -3.92. The van der Waals surface area contributed by atoms with Crippen molar-refractivity contribution in [1.82, 2.24) is 9.55 Å². The third-order valence-electron chi connectivity index (χ3n) is 3.08. The molecule has 0 fully saturated rings. The van der Waals surface area contributed by atoms with Gasteiger partial charge in [-0.15, -0.1) is 0 Å². The molecule has 1 N–H and O–H groups in total. The van der Waals surface area contributed by atoms with E-state index in [4.69, 9.17) is 4.74 Å². The lowest BCUT2D eigenvalue weighted by atomic mass is 10.2. The minimum absolute atomic E-state index is 0.0385. The summed E-state index contributed by atoms with van der Waals surface area (Å²) in [6.07, 6.45) is 0. The second-order valence-electron chi connectivity index (χ2n) is 4.36. The molecule has 0 unspecified atom stereocenters. The predicted octanol–water partition coefficient (Wildman–Crippen LogP) is 0.520. The minimum atomic E-state index is -1.14. The van der Waals surface area contributed by atoms with Crippen molar-refractivity contribution in [2.75, 3.05) is 20.8 Å². The molecule has 0 aliphatic rings. The van der Waals surface area contributed by atoms with Crippen LogP contribution in [0.4, 0.5) is 0 Å². The molecule has 0 bridgehead atoms. The zero-order chi connectivity index (χ0) is 17.7. The van der Waals surface area contributed by atoms with Crippen LogP contribution < -0.4 is 0 Å². The monoisotopic (exact) mass is 326 g/mol. The van der Waals surface area contributed by atoms with Crippen LogP contribution >= 0.6 is 0 Å². The van der Waals surface area contributed by atoms with E-state index in [0.29, 0.717) is 5.69 Å². The number of rotatable bonds is 5. The molecule has 1 heterocycles. The average molecular weight is 326 g/mol. The molecule has 0 aromatic carbocycles.